The van der Waals surface area contributed by atoms with Crippen LogP contribution < -0.4 is 26.5 Å². The van der Waals surface area contributed by atoms with Crippen molar-refractivity contribution >= 4 is 27.9 Å². The van der Waals surface area contributed by atoms with Crippen LogP contribution in [-0.4, -0.2) is 41.6 Å². The Labute approximate surface area is 216 Å². The molecule has 33 heavy (non-hydrogen) atoms. The van der Waals surface area contributed by atoms with Crippen LogP contribution in [0.3, 0.4) is 0 Å². The van der Waals surface area contributed by atoms with E-state index in [0.29, 0.717) is 19.0 Å². The molecule has 4 atom stereocenters. The molecule has 3 heterocycles. The second kappa shape index (κ2) is 10.3. The SMILES string of the molecule is CC(C)OC(=O)N1C[C@H]2C[C@@H](C1)C2C(=O)NC(C)(C)/C1=C\[I-]/C=C2/C(Br)=CC=CCC2CC1. The maximum absolute atomic E-state index is 13.3. The Hall–Kier alpha value is -1.09. The van der Waals surface area contributed by atoms with Gasteiger partial charge in [-0.15, -0.1) is 0 Å². The Balaban J connectivity index is 1.38. The first-order valence-corrected chi connectivity index (χ1v) is 15.3. The van der Waals surface area contributed by atoms with Crippen LogP contribution >= 0.6 is 15.9 Å². The van der Waals surface area contributed by atoms with E-state index in [1.54, 1.807) is 4.90 Å². The number of fused-ring (bicyclic) bond motifs is 3. The molecule has 2 unspecified atom stereocenters. The molecule has 5 nitrogen and oxygen atoms in total. The average molecular weight is 630 g/mol. The first kappa shape index (κ1) is 25.0. The van der Waals surface area contributed by atoms with E-state index in [4.69, 9.17) is 4.74 Å². The summed E-state index contributed by atoms with van der Waals surface area (Å²) in [6.07, 6.45) is 10.4. The van der Waals surface area contributed by atoms with Crippen molar-refractivity contribution < 1.29 is 35.5 Å². The summed E-state index contributed by atoms with van der Waals surface area (Å²) >= 11 is 3.54. The van der Waals surface area contributed by atoms with Crippen LogP contribution in [0.15, 0.2) is 42.0 Å². The topological polar surface area (TPSA) is 58.6 Å². The van der Waals surface area contributed by atoms with Gasteiger partial charge in [0.1, 0.15) is 0 Å². The first-order chi connectivity index (χ1) is 15.7. The van der Waals surface area contributed by atoms with Crippen LogP contribution in [0.1, 0.15) is 53.4 Å². The van der Waals surface area contributed by atoms with Crippen LogP contribution in [0.2, 0.25) is 0 Å². The molecule has 0 radical (unpaired) electrons. The third kappa shape index (κ3) is 5.60. The molecule has 3 aliphatic heterocycles. The fourth-order valence-electron chi connectivity index (χ4n) is 5.45. The number of hydrogen-bond donors (Lipinski definition) is 1. The van der Waals surface area contributed by atoms with Gasteiger partial charge in [0.2, 0.25) is 0 Å². The molecule has 1 N–H and O–H groups in total. The molecule has 182 valence electrons. The van der Waals surface area contributed by atoms with E-state index in [1.165, 1.54) is 15.6 Å². The Morgan fingerprint density at radius 1 is 1.24 bits per heavy atom. The zero-order chi connectivity index (χ0) is 23.8. The van der Waals surface area contributed by atoms with Crippen molar-refractivity contribution in [2.24, 2.45) is 23.7 Å². The van der Waals surface area contributed by atoms with Gasteiger partial charge in [-0.1, -0.05) is 0 Å². The fraction of sp³-hybridized carbons (Fsp3) is 0.615. The molecule has 1 saturated carbocycles. The van der Waals surface area contributed by atoms with Gasteiger partial charge < -0.3 is 0 Å². The number of piperidine rings is 2. The number of rotatable bonds is 4. The van der Waals surface area contributed by atoms with Gasteiger partial charge in [-0.2, -0.15) is 0 Å². The normalized spacial score (nSPS) is 32.8. The molecule has 0 aromatic rings. The van der Waals surface area contributed by atoms with E-state index in [9.17, 15) is 9.59 Å². The molecular formula is C26H35BrIN2O3-. The van der Waals surface area contributed by atoms with Gasteiger partial charge >= 0.3 is 204 Å². The van der Waals surface area contributed by atoms with Crippen LogP contribution in [0.4, 0.5) is 4.79 Å². The zero-order valence-corrected chi connectivity index (χ0v) is 23.7. The van der Waals surface area contributed by atoms with Gasteiger partial charge in [-0.05, 0) is 13.8 Å². The van der Waals surface area contributed by atoms with Crippen LogP contribution in [0.25, 0.3) is 0 Å². The second-order valence-corrected chi connectivity index (χ2v) is 13.3. The molecule has 5 aliphatic rings. The van der Waals surface area contributed by atoms with Gasteiger partial charge in [0.05, 0.1) is 0 Å². The van der Waals surface area contributed by atoms with Crippen molar-refractivity contribution in [2.75, 3.05) is 13.1 Å². The van der Waals surface area contributed by atoms with Gasteiger partial charge in [0, 0.05) is 0 Å². The molecule has 0 aromatic carbocycles. The zero-order valence-electron chi connectivity index (χ0n) is 19.9. The summed E-state index contributed by atoms with van der Waals surface area (Å²) in [7, 11) is 0. The molecule has 2 bridgehead atoms. The molecule has 2 amide bonds. The summed E-state index contributed by atoms with van der Waals surface area (Å²) in [4.78, 5) is 27.4. The summed E-state index contributed by atoms with van der Waals surface area (Å²) in [6.45, 7) is 9.28. The molecular weight excluding hydrogens is 595 g/mol. The molecule has 0 spiro atoms. The molecule has 5 rings (SSSR count). The van der Waals surface area contributed by atoms with Crippen LogP contribution in [-0.2, 0) is 9.53 Å². The van der Waals surface area contributed by atoms with Gasteiger partial charge in [-0.25, -0.2) is 0 Å². The molecule has 0 aromatic heterocycles. The monoisotopic (exact) mass is 629 g/mol. The van der Waals surface area contributed by atoms with E-state index in [2.05, 4.69) is 61.5 Å². The summed E-state index contributed by atoms with van der Waals surface area (Å²) in [5, 5.41) is 3.39. The van der Waals surface area contributed by atoms with Crippen molar-refractivity contribution in [3.8, 4) is 0 Å². The number of halogens is 2. The summed E-state index contributed by atoms with van der Waals surface area (Å²) in [5.41, 5.74) is 2.46. The van der Waals surface area contributed by atoms with Crippen molar-refractivity contribution in [2.45, 2.75) is 65.0 Å². The third-order valence-corrected chi connectivity index (χ3v) is 10.2. The van der Waals surface area contributed by atoms with Crippen molar-refractivity contribution in [1.82, 2.24) is 10.2 Å². The van der Waals surface area contributed by atoms with E-state index in [-0.39, 0.29) is 62.6 Å². The van der Waals surface area contributed by atoms with Gasteiger partial charge in [0.25, 0.3) is 0 Å². The Morgan fingerprint density at radius 2 is 1.97 bits per heavy atom. The summed E-state index contributed by atoms with van der Waals surface area (Å²) in [5.74, 6) is 1.18. The average Bonchev–Trinajstić information content (AvgIpc) is 2.87. The molecule has 7 heteroatoms. The van der Waals surface area contributed by atoms with E-state index >= 15 is 0 Å². The van der Waals surface area contributed by atoms with Crippen LogP contribution in [0, 0.1) is 23.7 Å². The quantitative estimate of drug-likeness (QED) is 0.487. The van der Waals surface area contributed by atoms with Crippen molar-refractivity contribution in [3.05, 3.63) is 42.0 Å². The maximum atomic E-state index is 13.3. The standard InChI is InChI=1S/C26H35BrIN2O3/c1-16(2)33-25(32)30-14-18-11-19(15-30)23(18)24(31)29-26(3,4)20-10-9-17-7-5-6-8-22(27)21(17)13-28-12-20/h5-6,8,12-13,16-19,23H,7,9-11,14-15H2,1-4H3,(H,29,31)/q-1/b20-12-,21-13+/t17?,18-,19+,23?. The predicted molar refractivity (Wildman–Crippen MR) is 130 cm³/mol. The summed E-state index contributed by atoms with van der Waals surface area (Å²) < 4.78 is 11.4. The number of hydrogen-bond acceptors (Lipinski definition) is 3. The fourth-order valence-corrected chi connectivity index (χ4v) is 9.40. The Kier molecular flexibility index (Phi) is 7.78. The molecule has 2 saturated heterocycles. The number of ether oxygens (including phenoxy) is 1. The Bertz CT molecular complexity index is 908. The van der Waals surface area contributed by atoms with E-state index in [1.807, 2.05) is 13.8 Å². The Morgan fingerprint density at radius 3 is 2.67 bits per heavy atom. The molecule has 2 aliphatic carbocycles. The first-order valence-electron chi connectivity index (χ1n) is 12.0. The molecule has 3 fully saturated rings. The number of carbonyl (C=O) groups is 2. The number of nitrogens with zero attached hydrogens (tertiary/aromatic N) is 1. The van der Waals surface area contributed by atoms with Gasteiger partial charge in [-0.3, -0.25) is 0 Å². The minimum atomic E-state index is -0.351. The number of allylic oxidation sites excluding steroid dienone is 5. The van der Waals surface area contributed by atoms with E-state index in [0.717, 1.165) is 25.7 Å². The number of carbonyl (C=O) groups excluding carboxylic acids is 2. The van der Waals surface area contributed by atoms with Gasteiger partial charge in [0.15, 0.2) is 0 Å². The van der Waals surface area contributed by atoms with Crippen LogP contribution in [0.5, 0.6) is 0 Å². The third-order valence-electron chi connectivity index (χ3n) is 7.32. The number of nitrogens with one attached hydrogen (secondary N) is 1. The van der Waals surface area contributed by atoms with Crippen molar-refractivity contribution in [3.63, 3.8) is 0 Å². The number of amides is 2. The van der Waals surface area contributed by atoms with Crippen molar-refractivity contribution in [1.29, 1.82) is 0 Å². The predicted octanol–water partition coefficient (Wildman–Crippen LogP) is 2.50. The second-order valence-electron chi connectivity index (χ2n) is 10.5. The summed E-state index contributed by atoms with van der Waals surface area (Å²) in [6, 6.07) is 0. The minimum absolute atomic E-state index is 0.0100. The van der Waals surface area contributed by atoms with E-state index < -0.39 is 0 Å².